The summed E-state index contributed by atoms with van der Waals surface area (Å²) in [5.41, 5.74) is 5.59. The summed E-state index contributed by atoms with van der Waals surface area (Å²) in [4.78, 5) is 0. The molecular formula is C36H44Ti. The Kier molecular flexibility index (Phi) is 16.3. The second kappa shape index (κ2) is 19.2. The standard InChI is InChI=1S/2C11H15.2C7H7.Ti/c2*1-2-6-10(7-3-1)11-8-4-5-9-11;2*1-7-5-3-2-4-6-7;/h2*4,8,10H,1-3,5-7H2;2*3-6H,1H3;/q4*-1;+4. The van der Waals surface area contributed by atoms with Gasteiger partial charge >= 0.3 is 21.7 Å². The molecule has 1 heteroatoms. The van der Waals surface area contributed by atoms with Crippen LogP contribution in [0.5, 0.6) is 0 Å². The molecule has 0 nitrogen and oxygen atoms in total. The van der Waals surface area contributed by atoms with Crippen molar-refractivity contribution in [3.63, 3.8) is 0 Å². The molecule has 0 heterocycles. The maximum Gasteiger partial charge on any atom is 4.00 e. The Bertz CT molecular complexity index is 871. The van der Waals surface area contributed by atoms with Crippen LogP contribution >= 0.6 is 0 Å². The van der Waals surface area contributed by atoms with E-state index in [0.717, 1.165) is 24.7 Å². The van der Waals surface area contributed by atoms with E-state index >= 15 is 0 Å². The Balaban J connectivity index is 0.000000176. The van der Waals surface area contributed by atoms with Crippen LogP contribution in [0.4, 0.5) is 0 Å². The maximum atomic E-state index is 3.43. The van der Waals surface area contributed by atoms with Crippen molar-refractivity contribution < 1.29 is 21.7 Å². The second-order valence-electron chi connectivity index (χ2n) is 10.3. The molecule has 4 aliphatic carbocycles. The van der Waals surface area contributed by atoms with Gasteiger partial charge < -0.3 is 0 Å². The van der Waals surface area contributed by atoms with Crippen LogP contribution in [-0.2, 0) is 21.7 Å². The van der Waals surface area contributed by atoms with E-state index in [0.29, 0.717) is 0 Å². The van der Waals surface area contributed by atoms with Crippen molar-refractivity contribution in [1.82, 2.24) is 0 Å². The molecule has 37 heavy (non-hydrogen) atoms. The first kappa shape index (κ1) is 31.3. The normalized spacial score (nSPS) is 18.5. The van der Waals surface area contributed by atoms with Crippen LogP contribution in [0.1, 0.15) is 88.2 Å². The average molecular weight is 525 g/mol. The van der Waals surface area contributed by atoms with E-state index in [1.165, 1.54) is 86.5 Å². The molecule has 0 spiro atoms. The van der Waals surface area contributed by atoms with Gasteiger partial charge in [0.1, 0.15) is 0 Å². The van der Waals surface area contributed by atoms with E-state index in [-0.39, 0.29) is 21.7 Å². The Labute approximate surface area is 242 Å². The molecule has 0 unspecified atom stereocenters. The molecule has 0 saturated heterocycles. The molecular weight excluding hydrogens is 480 g/mol. The molecule has 0 bridgehead atoms. The molecule has 2 fully saturated rings. The summed E-state index contributed by atoms with van der Waals surface area (Å²) in [6.45, 7) is 4.13. The maximum absolute atomic E-state index is 3.43. The van der Waals surface area contributed by atoms with Crippen LogP contribution < -0.4 is 0 Å². The molecule has 0 aliphatic heterocycles. The molecule has 2 aromatic carbocycles. The number of aryl methyl sites for hydroxylation is 2. The van der Waals surface area contributed by atoms with Crippen LogP contribution in [0, 0.1) is 50.0 Å². The van der Waals surface area contributed by atoms with Gasteiger partial charge in [0.25, 0.3) is 0 Å². The van der Waals surface area contributed by atoms with Gasteiger partial charge in [-0.05, 0) is 37.5 Å². The fraction of sp³-hybridized carbons (Fsp3) is 0.444. The van der Waals surface area contributed by atoms with Gasteiger partial charge in [0.2, 0.25) is 0 Å². The zero-order valence-corrected chi connectivity index (χ0v) is 24.6. The van der Waals surface area contributed by atoms with E-state index in [2.05, 4.69) is 62.4 Å². The minimum absolute atomic E-state index is 0. The van der Waals surface area contributed by atoms with Gasteiger partial charge in [-0.1, -0.05) is 52.4 Å². The van der Waals surface area contributed by atoms with Crippen molar-refractivity contribution in [2.45, 2.75) is 90.9 Å². The fourth-order valence-electron chi connectivity index (χ4n) is 5.17. The Morgan fingerprint density at radius 2 is 0.892 bits per heavy atom. The summed E-state index contributed by atoms with van der Waals surface area (Å²) >= 11 is 0. The smallest absolute Gasteiger partial charge is 0.269 e. The van der Waals surface area contributed by atoms with Crippen LogP contribution in [0.3, 0.4) is 0 Å². The average Bonchev–Trinajstić information content (AvgIpc) is 3.67. The minimum Gasteiger partial charge on any atom is -0.269 e. The fourth-order valence-corrected chi connectivity index (χ4v) is 5.17. The number of rotatable bonds is 2. The first-order chi connectivity index (χ1) is 17.7. The van der Waals surface area contributed by atoms with Gasteiger partial charge in [-0.2, -0.15) is 83.9 Å². The van der Waals surface area contributed by atoms with E-state index in [1.54, 1.807) is 0 Å². The monoisotopic (exact) mass is 524 g/mol. The molecule has 2 aromatic rings. The summed E-state index contributed by atoms with van der Waals surface area (Å²) in [5, 5.41) is 0. The van der Waals surface area contributed by atoms with Gasteiger partial charge in [0.15, 0.2) is 0 Å². The molecule has 0 amide bonds. The van der Waals surface area contributed by atoms with Crippen molar-refractivity contribution in [1.29, 1.82) is 0 Å². The quantitative estimate of drug-likeness (QED) is 0.271. The Hall–Kier alpha value is -1.89. The largest absolute Gasteiger partial charge is 4.00 e. The number of hydrogen-bond donors (Lipinski definition) is 0. The van der Waals surface area contributed by atoms with E-state index in [4.69, 9.17) is 0 Å². The minimum atomic E-state index is 0. The predicted octanol–water partition coefficient (Wildman–Crippen LogP) is 10.1. The zero-order chi connectivity index (χ0) is 25.3. The van der Waals surface area contributed by atoms with Gasteiger partial charge in [-0.3, -0.25) is 12.2 Å². The van der Waals surface area contributed by atoms with Gasteiger partial charge in [-0.25, -0.2) is 23.3 Å². The van der Waals surface area contributed by atoms with Crippen molar-refractivity contribution in [3.8, 4) is 0 Å². The molecule has 0 radical (unpaired) electrons. The van der Waals surface area contributed by atoms with E-state index in [9.17, 15) is 0 Å². The van der Waals surface area contributed by atoms with Gasteiger partial charge in [0, 0.05) is 0 Å². The third kappa shape index (κ3) is 13.0. The first-order valence-corrected chi connectivity index (χ1v) is 14.1. The summed E-state index contributed by atoms with van der Waals surface area (Å²) in [5.74, 6) is 1.73. The molecule has 2 saturated carbocycles. The summed E-state index contributed by atoms with van der Waals surface area (Å²) in [6, 6.07) is 21.6. The number of hydrogen-bond acceptors (Lipinski definition) is 0. The summed E-state index contributed by atoms with van der Waals surface area (Å²) in [6.07, 6.45) is 32.3. The molecule has 0 atom stereocenters. The van der Waals surface area contributed by atoms with Crippen molar-refractivity contribution in [2.24, 2.45) is 11.8 Å². The Morgan fingerprint density at radius 1 is 0.541 bits per heavy atom. The first-order valence-electron chi connectivity index (χ1n) is 14.1. The van der Waals surface area contributed by atoms with E-state index < -0.39 is 0 Å². The molecule has 4 aliphatic rings. The molecule has 0 aromatic heterocycles. The Morgan fingerprint density at radius 3 is 1.14 bits per heavy atom. The second-order valence-corrected chi connectivity index (χ2v) is 10.3. The van der Waals surface area contributed by atoms with Crippen molar-refractivity contribution in [2.75, 3.05) is 0 Å². The third-order valence-electron chi connectivity index (χ3n) is 7.30. The molecule has 6 rings (SSSR count). The number of allylic oxidation sites excluding steroid dienone is 8. The zero-order valence-electron chi connectivity index (χ0n) is 23.1. The van der Waals surface area contributed by atoms with Gasteiger partial charge in [-0.15, -0.1) is 12.8 Å². The van der Waals surface area contributed by atoms with Crippen LogP contribution in [0.15, 0.2) is 84.0 Å². The SMILES string of the molecule is Cc1cc[c-]cc1.Cc1cc[c-]cc1.[C-]1=C(C2CCCCC2)C=CC1.[C-]1=C(C2CCCCC2)C=CC1.[Ti+4]. The molecule has 192 valence electrons. The van der Waals surface area contributed by atoms with Crippen molar-refractivity contribution >= 4 is 0 Å². The van der Waals surface area contributed by atoms with Gasteiger partial charge in [0.05, 0.1) is 0 Å². The van der Waals surface area contributed by atoms with Crippen LogP contribution in [-0.4, -0.2) is 0 Å². The van der Waals surface area contributed by atoms with E-state index in [1.807, 2.05) is 48.5 Å². The van der Waals surface area contributed by atoms with Crippen LogP contribution in [0.2, 0.25) is 0 Å². The third-order valence-corrected chi connectivity index (χ3v) is 7.30. The topological polar surface area (TPSA) is 0 Å². The summed E-state index contributed by atoms with van der Waals surface area (Å²) in [7, 11) is 0. The molecule has 0 N–H and O–H groups in total. The van der Waals surface area contributed by atoms with Crippen molar-refractivity contribution in [3.05, 3.63) is 119 Å². The van der Waals surface area contributed by atoms with Crippen LogP contribution in [0.25, 0.3) is 0 Å². The summed E-state index contributed by atoms with van der Waals surface area (Å²) < 4.78 is 0. The predicted molar refractivity (Wildman–Crippen MR) is 154 cm³/mol. The number of benzene rings is 2.